The van der Waals surface area contributed by atoms with Crippen LogP contribution in [0.4, 0.5) is 0 Å². The fraction of sp³-hybridized carbons (Fsp3) is 0. The Labute approximate surface area is 297 Å². The van der Waals surface area contributed by atoms with E-state index in [-0.39, 0.29) is 0 Å². The van der Waals surface area contributed by atoms with Gasteiger partial charge in [-0.05, 0) is 47.5 Å². The SMILES string of the molecule is Bc1c(B)c(B)c(-c2nc(-c3ccccc3)nc(-c3ccc4sc5ccc(-c6cccc7c6sc6ccccc67)cc5c4c3)n2)c(B)c1B. The zero-order chi connectivity index (χ0) is 33.4. The molecule has 0 radical (unpaired) electrons. The first-order chi connectivity index (χ1) is 23.9. The van der Waals surface area contributed by atoms with Crippen LogP contribution >= 0.6 is 22.7 Å². The Kier molecular flexibility index (Phi) is 7.15. The van der Waals surface area contributed by atoms with Crippen LogP contribution in [0.2, 0.25) is 0 Å². The van der Waals surface area contributed by atoms with Gasteiger partial charge in [-0.25, -0.2) is 15.0 Å². The molecule has 3 nitrogen and oxygen atoms in total. The molecule has 0 aliphatic rings. The summed E-state index contributed by atoms with van der Waals surface area (Å²) in [6.45, 7) is 0. The van der Waals surface area contributed by atoms with Crippen LogP contribution in [0.3, 0.4) is 0 Å². The maximum absolute atomic E-state index is 5.21. The number of fused-ring (bicyclic) bond motifs is 6. The van der Waals surface area contributed by atoms with Gasteiger partial charge in [0.2, 0.25) is 0 Å². The summed E-state index contributed by atoms with van der Waals surface area (Å²) in [5, 5.41) is 5.12. The van der Waals surface area contributed by atoms with E-state index in [9.17, 15) is 0 Å². The van der Waals surface area contributed by atoms with Crippen LogP contribution < -0.4 is 27.3 Å². The third kappa shape index (κ3) is 4.88. The molecule has 226 valence electrons. The fourth-order valence-electron chi connectivity index (χ4n) is 7.23. The minimum absolute atomic E-state index is 0.685. The maximum atomic E-state index is 5.21. The Balaban J connectivity index is 1.24. The van der Waals surface area contributed by atoms with Crippen LogP contribution in [0, 0.1) is 0 Å². The van der Waals surface area contributed by atoms with E-state index in [1.807, 2.05) is 40.9 Å². The van der Waals surface area contributed by atoms with Gasteiger partial charge in [-0.3, -0.25) is 0 Å². The third-order valence-corrected chi connectivity index (χ3v) is 12.7. The predicted octanol–water partition coefficient (Wildman–Crippen LogP) is 2.57. The topological polar surface area (TPSA) is 38.7 Å². The second-order valence-corrected chi connectivity index (χ2v) is 15.1. The summed E-state index contributed by atoms with van der Waals surface area (Å²) in [5.74, 6) is 2.09. The van der Waals surface area contributed by atoms with Gasteiger partial charge >= 0.3 is 0 Å². The number of rotatable bonds is 4. The van der Waals surface area contributed by atoms with Gasteiger partial charge in [0.1, 0.15) is 39.2 Å². The van der Waals surface area contributed by atoms with Crippen molar-refractivity contribution in [2.45, 2.75) is 0 Å². The Morgan fingerprint density at radius 1 is 0.388 bits per heavy atom. The molecule has 0 aliphatic heterocycles. The Morgan fingerprint density at radius 3 is 1.67 bits per heavy atom. The summed E-state index contributed by atoms with van der Waals surface area (Å²) >= 11 is 3.71. The number of hydrogen-bond acceptors (Lipinski definition) is 5. The normalized spacial score (nSPS) is 11.7. The number of thiophene rings is 2. The van der Waals surface area contributed by atoms with Crippen molar-refractivity contribution < 1.29 is 0 Å². The second kappa shape index (κ2) is 11.6. The van der Waals surface area contributed by atoms with Crippen LogP contribution in [0.5, 0.6) is 0 Å². The van der Waals surface area contributed by atoms with Gasteiger partial charge in [0.25, 0.3) is 0 Å². The number of hydrogen-bond donors (Lipinski definition) is 0. The summed E-state index contributed by atoms with van der Waals surface area (Å²) < 4.78 is 5.19. The van der Waals surface area contributed by atoms with Crippen LogP contribution in [0.1, 0.15) is 0 Å². The second-order valence-electron chi connectivity index (χ2n) is 13.0. The monoisotopic (exact) mass is 657 g/mol. The number of aromatic nitrogens is 3. The van der Waals surface area contributed by atoms with E-state index >= 15 is 0 Å². The molecule has 49 heavy (non-hydrogen) atoms. The fourth-order valence-corrected chi connectivity index (χ4v) is 9.53. The highest BCUT2D eigenvalue weighted by atomic mass is 32.1. The third-order valence-electron chi connectivity index (χ3n) is 10.3. The summed E-state index contributed by atoms with van der Waals surface area (Å²) in [5.41, 5.74) is 11.9. The highest BCUT2D eigenvalue weighted by Crippen LogP contribution is 2.42. The molecule has 0 fully saturated rings. The largest absolute Gasteiger partial charge is 0.208 e. The molecule has 0 aliphatic carbocycles. The van der Waals surface area contributed by atoms with Gasteiger partial charge in [0.15, 0.2) is 17.5 Å². The van der Waals surface area contributed by atoms with E-state index < -0.39 is 0 Å². The van der Waals surface area contributed by atoms with Crippen molar-refractivity contribution in [1.29, 1.82) is 0 Å². The summed E-state index contributed by atoms with van der Waals surface area (Å²) in [4.78, 5) is 15.4. The van der Waals surface area contributed by atoms with Crippen LogP contribution in [0.15, 0.2) is 109 Å². The van der Waals surface area contributed by atoms with Gasteiger partial charge < -0.3 is 0 Å². The van der Waals surface area contributed by atoms with Gasteiger partial charge in [-0.1, -0.05) is 83.7 Å². The molecule has 0 amide bonds. The van der Waals surface area contributed by atoms with Crippen molar-refractivity contribution in [3.05, 3.63) is 109 Å². The van der Waals surface area contributed by atoms with Crippen molar-refractivity contribution in [2.24, 2.45) is 0 Å². The first-order valence-corrected chi connectivity index (χ1v) is 18.2. The first kappa shape index (κ1) is 30.2. The van der Waals surface area contributed by atoms with E-state index in [1.165, 1.54) is 78.8 Å². The van der Waals surface area contributed by atoms with Crippen molar-refractivity contribution in [2.75, 3.05) is 0 Å². The van der Waals surface area contributed by atoms with Gasteiger partial charge in [-0.2, -0.15) is 0 Å². The molecular weight excluding hydrogens is 629 g/mol. The maximum Gasteiger partial charge on any atom is 0.164 e. The molecule has 0 spiro atoms. The smallest absolute Gasteiger partial charge is 0.164 e. The standard InChI is InChI=1S/C39H28B5N3S2/c40-31-30(32(41)34(43)35(44)33(31)42)39-46-37(19-7-2-1-3-8-19)45-38(47-39)21-14-16-29-26(18-21)25-17-20(13-15-28(25)48-29)22-10-6-11-24-23-9-4-5-12-27(23)49-36(22)24/h1-18H,40-44H2. The Hall–Kier alpha value is -4.91. The predicted molar refractivity (Wildman–Crippen MR) is 228 cm³/mol. The molecular formula is C39H28B5N3S2. The quantitative estimate of drug-likeness (QED) is 0.274. The highest BCUT2D eigenvalue weighted by Gasteiger charge is 2.19. The summed E-state index contributed by atoms with van der Waals surface area (Å²) in [6.07, 6.45) is 0. The lowest BCUT2D eigenvalue weighted by Crippen LogP contribution is -2.55. The molecule has 0 saturated heterocycles. The minimum atomic E-state index is 0.685. The minimum Gasteiger partial charge on any atom is -0.208 e. The molecule has 0 atom stereocenters. The lowest BCUT2D eigenvalue weighted by atomic mass is 9.60. The van der Waals surface area contributed by atoms with Gasteiger partial charge in [-0.15, -0.1) is 39.1 Å². The molecule has 0 saturated carbocycles. The molecule has 9 aromatic rings. The van der Waals surface area contributed by atoms with E-state index in [1.54, 1.807) is 0 Å². The van der Waals surface area contributed by atoms with E-state index in [0.29, 0.717) is 11.6 Å². The summed E-state index contributed by atoms with van der Waals surface area (Å²) in [7, 11) is 11.0. The van der Waals surface area contributed by atoms with Crippen molar-refractivity contribution in [3.63, 3.8) is 0 Å². The number of benzene rings is 6. The Bertz CT molecular complexity index is 2760. The molecule has 0 N–H and O–H groups in total. The van der Waals surface area contributed by atoms with Crippen LogP contribution in [0.25, 0.3) is 85.6 Å². The average Bonchev–Trinajstić information content (AvgIpc) is 3.71. The van der Waals surface area contributed by atoms with Crippen LogP contribution in [-0.2, 0) is 0 Å². The molecule has 10 heteroatoms. The van der Waals surface area contributed by atoms with Gasteiger partial charge in [0, 0.05) is 57.0 Å². The zero-order valence-corrected chi connectivity index (χ0v) is 29.7. The lowest BCUT2D eigenvalue weighted by molar-refractivity contribution is 1.08. The van der Waals surface area contributed by atoms with E-state index in [0.717, 1.165) is 22.5 Å². The average molecular weight is 657 g/mol. The van der Waals surface area contributed by atoms with Crippen molar-refractivity contribution in [3.8, 4) is 45.3 Å². The van der Waals surface area contributed by atoms with Gasteiger partial charge in [0.05, 0.1) is 0 Å². The van der Waals surface area contributed by atoms with E-state index in [2.05, 4.69) is 130 Å². The van der Waals surface area contributed by atoms with Crippen LogP contribution in [-0.4, -0.2) is 54.2 Å². The molecule has 9 rings (SSSR count). The summed E-state index contributed by atoms with van der Waals surface area (Å²) in [6, 6.07) is 39.2. The molecule has 6 aromatic carbocycles. The molecule has 0 unspecified atom stereocenters. The van der Waals surface area contributed by atoms with E-state index in [4.69, 9.17) is 15.0 Å². The van der Waals surface area contributed by atoms with Crippen molar-refractivity contribution in [1.82, 2.24) is 15.0 Å². The molecule has 0 bridgehead atoms. The Morgan fingerprint density at radius 2 is 0.939 bits per heavy atom. The highest BCUT2D eigenvalue weighted by molar-refractivity contribution is 7.26. The lowest BCUT2D eigenvalue weighted by Gasteiger charge is -2.20. The molecule has 3 heterocycles. The first-order valence-electron chi connectivity index (χ1n) is 16.6. The number of nitrogens with zero attached hydrogens (tertiary/aromatic N) is 3. The molecule has 3 aromatic heterocycles. The van der Waals surface area contributed by atoms with Crippen molar-refractivity contribution >= 4 is 130 Å². The zero-order valence-electron chi connectivity index (χ0n) is 28.1.